The topological polar surface area (TPSA) is 69.9 Å². The van der Waals surface area contributed by atoms with Crippen molar-refractivity contribution in [3.05, 3.63) is 41.5 Å². The molecule has 5 nitrogen and oxygen atoms in total. The van der Waals surface area contributed by atoms with Gasteiger partial charge in [0.15, 0.2) is 5.49 Å². The Morgan fingerprint density at radius 1 is 1.35 bits per heavy atom. The smallest absolute Gasteiger partial charge is 0.216 e. The summed E-state index contributed by atoms with van der Waals surface area (Å²) in [5.74, 6) is 0.662. The molecule has 0 spiro atoms. The standard InChI is InChI=1S/C12H9N5/c1-16-7-8(6-13)11(14)17-10-5-3-2-4-9(10)15-12(16)17/h2-5,7,14H,1H3. The molecule has 0 fully saturated rings. The van der Waals surface area contributed by atoms with Crippen molar-refractivity contribution in [1.82, 2.24) is 14.0 Å². The lowest BCUT2D eigenvalue weighted by atomic mass is 10.3. The first-order valence-electron chi connectivity index (χ1n) is 5.14. The van der Waals surface area contributed by atoms with Gasteiger partial charge in [0.1, 0.15) is 11.6 Å². The first-order chi connectivity index (χ1) is 8.22. The van der Waals surface area contributed by atoms with E-state index in [4.69, 9.17) is 10.7 Å². The second-order valence-corrected chi connectivity index (χ2v) is 3.85. The Kier molecular flexibility index (Phi) is 1.80. The summed E-state index contributed by atoms with van der Waals surface area (Å²) in [6, 6.07) is 9.62. The Balaban J connectivity index is 2.69. The van der Waals surface area contributed by atoms with Crippen LogP contribution in [0.3, 0.4) is 0 Å². The van der Waals surface area contributed by atoms with Crippen LogP contribution in [-0.2, 0) is 7.05 Å². The van der Waals surface area contributed by atoms with Crippen molar-refractivity contribution in [3.8, 4) is 6.07 Å². The summed E-state index contributed by atoms with van der Waals surface area (Å²) in [5, 5.41) is 17.0. The number of hydrogen-bond donors (Lipinski definition) is 1. The van der Waals surface area contributed by atoms with Gasteiger partial charge in [0.05, 0.1) is 11.0 Å². The molecular weight excluding hydrogens is 214 g/mol. The zero-order valence-electron chi connectivity index (χ0n) is 9.18. The van der Waals surface area contributed by atoms with E-state index in [1.54, 1.807) is 15.2 Å². The molecule has 2 heterocycles. The fourth-order valence-corrected chi connectivity index (χ4v) is 1.99. The predicted octanol–water partition coefficient (Wildman–Crippen LogP) is 1.18. The normalized spacial score (nSPS) is 10.8. The SMILES string of the molecule is Cn1cc(C#N)c(=N)n2c3ccccc3nc12. The van der Waals surface area contributed by atoms with Gasteiger partial charge in [-0.25, -0.2) is 4.98 Å². The summed E-state index contributed by atoms with van der Waals surface area (Å²) in [6.07, 6.45) is 1.63. The number of benzene rings is 1. The third-order valence-corrected chi connectivity index (χ3v) is 2.78. The quantitative estimate of drug-likeness (QED) is 0.621. The fraction of sp³-hybridized carbons (Fsp3) is 0.0833. The highest BCUT2D eigenvalue weighted by Gasteiger charge is 2.09. The Hall–Kier alpha value is -2.61. The molecule has 1 aromatic carbocycles. The molecule has 5 heteroatoms. The average molecular weight is 223 g/mol. The maximum atomic E-state index is 8.99. The molecule has 0 aliphatic carbocycles. The highest BCUT2D eigenvalue weighted by atomic mass is 15.2. The van der Waals surface area contributed by atoms with Gasteiger partial charge >= 0.3 is 0 Å². The van der Waals surface area contributed by atoms with Crippen molar-refractivity contribution in [2.24, 2.45) is 7.05 Å². The minimum absolute atomic E-state index is 0.175. The highest BCUT2D eigenvalue weighted by molar-refractivity contribution is 5.79. The number of nitriles is 1. The Labute approximate surface area is 96.7 Å². The van der Waals surface area contributed by atoms with E-state index in [0.29, 0.717) is 11.3 Å². The van der Waals surface area contributed by atoms with E-state index in [-0.39, 0.29) is 5.49 Å². The summed E-state index contributed by atoms with van der Waals surface area (Å²) < 4.78 is 3.45. The lowest BCUT2D eigenvalue weighted by Gasteiger charge is -2.03. The first-order valence-corrected chi connectivity index (χ1v) is 5.14. The van der Waals surface area contributed by atoms with Crippen molar-refractivity contribution in [3.63, 3.8) is 0 Å². The minimum atomic E-state index is 0.175. The molecular formula is C12H9N5. The van der Waals surface area contributed by atoms with Crippen LogP contribution in [0.1, 0.15) is 5.56 Å². The number of rotatable bonds is 0. The van der Waals surface area contributed by atoms with E-state index < -0.39 is 0 Å². The van der Waals surface area contributed by atoms with Gasteiger partial charge in [-0.3, -0.25) is 9.81 Å². The van der Waals surface area contributed by atoms with Gasteiger partial charge in [-0.2, -0.15) is 5.26 Å². The molecule has 0 saturated heterocycles. The molecule has 3 rings (SSSR count). The van der Waals surface area contributed by atoms with E-state index in [1.807, 2.05) is 37.4 Å². The monoisotopic (exact) mass is 223 g/mol. The Morgan fingerprint density at radius 3 is 2.88 bits per heavy atom. The van der Waals surface area contributed by atoms with Crippen LogP contribution in [0.15, 0.2) is 30.5 Å². The maximum Gasteiger partial charge on any atom is 0.216 e. The molecule has 0 amide bonds. The molecule has 0 aliphatic rings. The number of nitrogens with zero attached hydrogens (tertiary/aromatic N) is 4. The summed E-state index contributed by atoms with van der Waals surface area (Å²) in [5.41, 5.74) is 2.18. The fourth-order valence-electron chi connectivity index (χ4n) is 1.99. The molecule has 0 atom stereocenters. The van der Waals surface area contributed by atoms with Crippen molar-refractivity contribution < 1.29 is 0 Å². The molecule has 0 saturated carbocycles. The van der Waals surface area contributed by atoms with Gasteiger partial charge in [0.25, 0.3) is 0 Å². The van der Waals surface area contributed by atoms with Crippen LogP contribution in [0.5, 0.6) is 0 Å². The molecule has 2 aromatic heterocycles. The molecule has 0 radical (unpaired) electrons. The van der Waals surface area contributed by atoms with E-state index >= 15 is 0 Å². The van der Waals surface area contributed by atoms with Gasteiger partial charge in [-0.15, -0.1) is 0 Å². The zero-order valence-corrected chi connectivity index (χ0v) is 9.18. The van der Waals surface area contributed by atoms with Crippen LogP contribution < -0.4 is 5.49 Å². The second kappa shape index (κ2) is 3.19. The van der Waals surface area contributed by atoms with Crippen LogP contribution in [0.2, 0.25) is 0 Å². The summed E-state index contributed by atoms with van der Waals surface area (Å²) in [4.78, 5) is 4.45. The van der Waals surface area contributed by atoms with Gasteiger partial charge < -0.3 is 4.57 Å². The molecule has 17 heavy (non-hydrogen) atoms. The van der Waals surface area contributed by atoms with Crippen molar-refractivity contribution in [2.45, 2.75) is 0 Å². The van der Waals surface area contributed by atoms with Crippen LogP contribution in [0.4, 0.5) is 0 Å². The van der Waals surface area contributed by atoms with Gasteiger partial charge in [-0.05, 0) is 12.1 Å². The summed E-state index contributed by atoms with van der Waals surface area (Å²) >= 11 is 0. The van der Waals surface area contributed by atoms with Gasteiger partial charge in [-0.1, -0.05) is 12.1 Å². The number of fused-ring (bicyclic) bond motifs is 3. The number of imidazole rings is 1. The zero-order chi connectivity index (χ0) is 12.0. The van der Waals surface area contributed by atoms with E-state index in [1.165, 1.54) is 0 Å². The van der Waals surface area contributed by atoms with Crippen molar-refractivity contribution in [2.75, 3.05) is 0 Å². The van der Waals surface area contributed by atoms with Crippen LogP contribution in [-0.4, -0.2) is 14.0 Å². The van der Waals surface area contributed by atoms with Crippen LogP contribution in [0.25, 0.3) is 16.8 Å². The second-order valence-electron chi connectivity index (χ2n) is 3.85. The lowest BCUT2D eigenvalue weighted by molar-refractivity contribution is 0.849. The molecule has 0 bridgehead atoms. The van der Waals surface area contributed by atoms with Crippen LogP contribution in [0, 0.1) is 16.7 Å². The highest BCUT2D eigenvalue weighted by Crippen LogP contribution is 2.13. The molecule has 3 aromatic rings. The third-order valence-electron chi connectivity index (χ3n) is 2.78. The summed E-state index contributed by atoms with van der Waals surface area (Å²) in [6.45, 7) is 0. The molecule has 0 unspecified atom stereocenters. The third kappa shape index (κ3) is 1.18. The number of aromatic nitrogens is 3. The molecule has 1 N–H and O–H groups in total. The number of aryl methyl sites for hydroxylation is 1. The van der Waals surface area contributed by atoms with Crippen molar-refractivity contribution in [1.29, 1.82) is 10.7 Å². The number of nitrogens with one attached hydrogen (secondary N) is 1. The number of para-hydroxylation sites is 2. The van der Waals surface area contributed by atoms with Crippen molar-refractivity contribution >= 4 is 16.8 Å². The predicted molar refractivity (Wildman–Crippen MR) is 62.2 cm³/mol. The Morgan fingerprint density at radius 2 is 2.12 bits per heavy atom. The van der Waals surface area contributed by atoms with E-state index in [0.717, 1.165) is 11.0 Å². The van der Waals surface area contributed by atoms with E-state index in [2.05, 4.69) is 4.98 Å². The average Bonchev–Trinajstić information content (AvgIpc) is 2.73. The lowest BCUT2D eigenvalue weighted by Crippen LogP contribution is -2.19. The van der Waals surface area contributed by atoms with E-state index in [9.17, 15) is 0 Å². The molecule has 0 aliphatic heterocycles. The maximum absolute atomic E-state index is 8.99. The van der Waals surface area contributed by atoms with Crippen LogP contribution >= 0.6 is 0 Å². The van der Waals surface area contributed by atoms with Gasteiger partial charge in [0, 0.05) is 13.2 Å². The largest absolute Gasteiger partial charge is 0.320 e. The summed E-state index contributed by atoms with van der Waals surface area (Å²) in [7, 11) is 1.82. The number of hydrogen-bond acceptors (Lipinski definition) is 3. The Bertz CT molecular complexity index is 832. The minimum Gasteiger partial charge on any atom is -0.320 e. The molecule has 82 valence electrons. The first kappa shape index (κ1) is 9.60. The van der Waals surface area contributed by atoms with Gasteiger partial charge in [0.2, 0.25) is 5.78 Å².